The highest BCUT2D eigenvalue weighted by Crippen LogP contribution is 2.27. The van der Waals surface area contributed by atoms with Crippen molar-refractivity contribution >= 4 is 5.97 Å². The van der Waals surface area contributed by atoms with Crippen LogP contribution < -0.4 is 5.32 Å². The standard InChI is InChI=1S/C17H25NO3/c1-2-21-17(20)14-9-6-10-15(11-14)18-16(12-19)13-7-4-3-5-8-13/h3-5,7-8,14-16,18-19H,2,6,9-12H2,1H3. The lowest BCUT2D eigenvalue weighted by Crippen LogP contribution is -2.40. The summed E-state index contributed by atoms with van der Waals surface area (Å²) >= 11 is 0. The number of nitrogens with one attached hydrogen (secondary N) is 1. The number of ether oxygens (including phenoxy) is 1. The number of benzene rings is 1. The Morgan fingerprint density at radius 1 is 1.38 bits per heavy atom. The molecule has 2 rings (SSSR count). The van der Waals surface area contributed by atoms with Crippen LogP contribution in [0.15, 0.2) is 30.3 Å². The van der Waals surface area contributed by atoms with E-state index in [0.717, 1.165) is 31.2 Å². The number of esters is 1. The molecule has 1 aromatic carbocycles. The molecule has 0 heterocycles. The number of aliphatic hydroxyl groups excluding tert-OH is 1. The molecule has 21 heavy (non-hydrogen) atoms. The van der Waals surface area contributed by atoms with Gasteiger partial charge in [-0.3, -0.25) is 4.79 Å². The molecule has 0 bridgehead atoms. The number of carbonyl (C=O) groups excluding carboxylic acids is 1. The fourth-order valence-corrected chi connectivity index (χ4v) is 3.04. The minimum atomic E-state index is -0.0794. The van der Waals surface area contributed by atoms with Crippen LogP contribution in [0, 0.1) is 5.92 Å². The molecule has 0 radical (unpaired) electrons. The fraction of sp³-hybridized carbons (Fsp3) is 0.588. The van der Waals surface area contributed by atoms with Gasteiger partial charge in [-0.05, 0) is 31.7 Å². The Hall–Kier alpha value is -1.39. The molecule has 3 unspecified atom stereocenters. The zero-order chi connectivity index (χ0) is 15.1. The normalized spacial score (nSPS) is 23.5. The van der Waals surface area contributed by atoms with E-state index in [4.69, 9.17) is 4.74 Å². The van der Waals surface area contributed by atoms with Crippen LogP contribution >= 0.6 is 0 Å². The Morgan fingerprint density at radius 2 is 2.14 bits per heavy atom. The Kier molecular flexibility index (Phi) is 6.21. The summed E-state index contributed by atoms with van der Waals surface area (Å²) in [5.74, 6) is -0.0874. The van der Waals surface area contributed by atoms with E-state index in [2.05, 4.69) is 5.32 Å². The number of rotatable bonds is 6. The average molecular weight is 291 g/mol. The molecule has 2 N–H and O–H groups in total. The molecule has 0 aliphatic heterocycles. The average Bonchev–Trinajstić information content (AvgIpc) is 2.54. The number of hydrogen-bond acceptors (Lipinski definition) is 4. The summed E-state index contributed by atoms with van der Waals surface area (Å²) in [5.41, 5.74) is 1.08. The molecule has 0 amide bonds. The van der Waals surface area contributed by atoms with Crippen molar-refractivity contribution in [2.45, 2.75) is 44.7 Å². The van der Waals surface area contributed by atoms with Gasteiger partial charge in [0.25, 0.3) is 0 Å². The molecule has 4 nitrogen and oxygen atoms in total. The highest BCUT2D eigenvalue weighted by molar-refractivity contribution is 5.72. The molecule has 1 fully saturated rings. The fourth-order valence-electron chi connectivity index (χ4n) is 3.04. The smallest absolute Gasteiger partial charge is 0.308 e. The monoisotopic (exact) mass is 291 g/mol. The van der Waals surface area contributed by atoms with E-state index in [-0.39, 0.29) is 30.6 Å². The van der Waals surface area contributed by atoms with Gasteiger partial charge in [-0.15, -0.1) is 0 Å². The second-order valence-corrected chi connectivity index (χ2v) is 5.63. The van der Waals surface area contributed by atoms with Gasteiger partial charge in [-0.1, -0.05) is 36.8 Å². The Balaban J connectivity index is 1.93. The van der Waals surface area contributed by atoms with E-state index in [1.807, 2.05) is 37.3 Å². The van der Waals surface area contributed by atoms with E-state index in [1.165, 1.54) is 0 Å². The van der Waals surface area contributed by atoms with E-state index >= 15 is 0 Å². The molecule has 1 aliphatic rings. The highest BCUT2D eigenvalue weighted by Gasteiger charge is 2.29. The molecule has 1 aliphatic carbocycles. The van der Waals surface area contributed by atoms with Gasteiger partial charge in [0.15, 0.2) is 0 Å². The van der Waals surface area contributed by atoms with Gasteiger partial charge in [0, 0.05) is 6.04 Å². The van der Waals surface area contributed by atoms with Crippen molar-refractivity contribution in [3.05, 3.63) is 35.9 Å². The van der Waals surface area contributed by atoms with Gasteiger partial charge in [-0.25, -0.2) is 0 Å². The predicted molar refractivity (Wildman–Crippen MR) is 81.8 cm³/mol. The number of hydrogen-bond donors (Lipinski definition) is 2. The van der Waals surface area contributed by atoms with Gasteiger partial charge in [0.2, 0.25) is 0 Å². The van der Waals surface area contributed by atoms with Crippen LogP contribution in [-0.4, -0.2) is 30.3 Å². The number of carbonyl (C=O) groups is 1. The lowest BCUT2D eigenvalue weighted by Gasteiger charge is -2.31. The third-order valence-electron chi connectivity index (χ3n) is 4.12. The summed E-state index contributed by atoms with van der Waals surface area (Å²) in [6.45, 7) is 2.34. The molecular formula is C17H25NO3. The molecule has 4 heteroatoms. The van der Waals surface area contributed by atoms with Crippen molar-refractivity contribution in [3.8, 4) is 0 Å². The van der Waals surface area contributed by atoms with E-state index in [0.29, 0.717) is 6.61 Å². The minimum absolute atomic E-state index is 0.00804. The largest absolute Gasteiger partial charge is 0.466 e. The Morgan fingerprint density at radius 3 is 2.81 bits per heavy atom. The van der Waals surface area contributed by atoms with Crippen LogP contribution in [0.1, 0.15) is 44.2 Å². The number of aliphatic hydroxyl groups is 1. The maximum Gasteiger partial charge on any atom is 0.308 e. The maximum absolute atomic E-state index is 11.9. The summed E-state index contributed by atoms with van der Waals surface area (Å²) in [6.07, 6.45) is 3.77. The SMILES string of the molecule is CCOC(=O)C1CCCC(NC(CO)c2ccccc2)C1. The molecule has 1 aromatic rings. The topological polar surface area (TPSA) is 58.6 Å². The first kappa shape index (κ1) is 16.0. The summed E-state index contributed by atoms with van der Waals surface area (Å²) < 4.78 is 5.13. The molecule has 116 valence electrons. The van der Waals surface area contributed by atoms with Crippen molar-refractivity contribution in [2.24, 2.45) is 5.92 Å². The van der Waals surface area contributed by atoms with Crippen LogP contribution in [0.3, 0.4) is 0 Å². The van der Waals surface area contributed by atoms with Crippen molar-refractivity contribution in [3.63, 3.8) is 0 Å². The zero-order valence-electron chi connectivity index (χ0n) is 12.6. The van der Waals surface area contributed by atoms with E-state index in [9.17, 15) is 9.90 Å². The van der Waals surface area contributed by atoms with Gasteiger partial charge in [-0.2, -0.15) is 0 Å². The first-order chi connectivity index (χ1) is 10.2. The van der Waals surface area contributed by atoms with Crippen molar-refractivity contribution in [1.29, 1.82) is 0 Å². The van der Waals surface area contributed by atoms with Gasteiger partial charge in [0.1, 0.15) is 0 Å². The summed E-state index contributed by atoms with van der Waals surface area (Å²) in [4.78, 5) is 11.9. The summed E-state index contributed by atoms with van der Waals surface area (Å²) in [5, 5.41) is 13.1. The van der Waals surface area contributed by atoms with E-state index < -0.39 is 0 Å². The molecule has 0 spiro atoms. The second-order valence-electron chi connectivity index (χ2n) is 5.63. The highest BCUT2D eigenvalue weighted by atomic mass is 16.5. The van der Waals surface area contributed by atoms with Crippen LogP contribution in [0.25, 0.3) is 0 Å². The van der Waals surface area contributed by atoms with Crippen molar-refractivity contribution < 1.29 is 14.6 Å². The molecular weight excluding hydrogens is 266 g/mol. The molecule has 1 saturated carbocycles. The van der Waals surface area contributed by atoms with Crippen molar-refractivity contribution in [1.82, 2.24) is 5.32 Å². The first-order valence-electron chi connectivity index (χ1n) is 7.83. The van der Waals surface area contributed by atoms with Crippen LogP contribution in [0.4, 0.5) is 0 Å². The van der Waals surface area contributed by atoms with Crippen LogP contribution in [0.5, 0.6) is 0 Å². The lowest BCUT2D eigenvalue weighted by molar-refractivity contribution is -0.149. The van der Waals surface area contributed by atoms with Gasteiger partial charge in [0.05, 0.1) is 25.2 Å². The second kappa shape index (κ2) is 8.15. The van der Waals surface area contributed by atoms with Crippen LogP contribution in [-0.2, 0) is 9.53 Å². The van der Waals surface area contributed by atoms with E-state index in [1.54, 1.807) is 0 Å². The maximum atomic E-state index is 11.9. The minimum Gasteiger partial charge on any atom is -0.466 e. The predicted octanol–water partition coefficient (Wildman–Crippen LogP) is 2.43. The third-order valence-corrected chi connectivity index (χ3v) is 4.12. The van der Waals surface area contributed by atoms with Gasteiger partial charge >= 0.3 is 5.97 Å². The zero-order valence-corrected chi connectivity index (χ0v) is 12.6. The Bertz CT molecular complexity index is 435. The van der Waals surface area contributed by atoms with Crippen molar-refractivity contribution in [2.75, 3.05) is 13.2 Å². The quantitative estimate of drug-likeness (QED) is 0.790. The molecule has 0 aromatic heterocycles. The van der Waals surface area contributed by atoms with Crippen LogP contribution in [0.2, 0.25) is 0 Å². The first-order valence-corrected chi connectivity index (χ1v) is 7.83. The summed E-state index contributed by atoms with van der Waals surface area (Å²) in [7, 11) is 0. The summed E-state index contributed by atoms with van der Waals surface area (Å²) in [6, 6.07) is 10.1. The molecule has 0 saturated heterocycles. The third kappa shape index (κ3) is 4.55. The lowest BCUT2D eigenvalue weighted by atomic mass is 9.85. The molecule has 3 atom stereocenters. The Labute approximate surface area is 126 Å². The van der Waals surface area contributed by atoms with Gasteiger partial charge < -0.3 is 15.2 Å².